The molecule has 0 saturated carbocycles. The molecule has 0 N–H and O–H groups in total. The van der Waals surface area contributed by atoms with Crippen molar-refractivity contribution in [2.45, 2.75) is 25.4 Å². The second-order valence-corrected chi connectivity index (χ2v) is 6.38. The van der Waals surface area contributed by atoms with Crippen LogP contribution in [0.15, 0.2) is 45.7 Å². The second kappa shape index (κ2) is 5.08. The zero-order chi connectivity index (χ0) is 15.1. The monoisotopic (exact) mass is 306 g/mol. The van der Waals surface area contributed by atoms with Crippen LogP contribution < -0.4 is 4.90 Å². The molecule has 0 aliphatic carbocycles. The van der Waals surface area contributed by atoms with Gasteiger partial charge in [-0.25, -0.2) is 4.99 Å². The van der Waals surface area contributed by atoms with E-state index in [1.165, 1.54) is 5.56 Å². The Bertz CT molecular complexity index is 810. The molecule has 2 unspecified atom stereocenters. The molecule has 2 atom stereocenters. The van der Waals surface area contributed by atoms with Gasteiger partial charge in [0.05, 0.1) is 36.5 Å². The Hall–Kier alpha value is -2.45. The fourth-order valence-electron chi connectivity index (χ4n) is 3.08. The highest BCUT2D eigenvalue weighted by molar-refractivity contribution is 7.15. The summed E-state index contributed by atoms with van der Waals surface area (Å²) in [5.74, 6) is 0.938. The molecular weight excluding hydrogens is 292 g/mol. The number of amidine groups is 1. The summed E-state index contributed by atoms with van der Waals surface area (Å²) in [5.41, 5.74) is 3.29. The molecule has 1 aromatic heterocycles. The van der Waals surface area contributed by atoms with E-state index in [0.717, 1.165) is 22.1 Å². The average molecular weight is 306 g/mol. The topological polar surface area (TPSA) is 51.8 Å². The van der Waals surface area contributed by atoms with Crippen molar-refractivity contribution in [3.05, 3.63) is 46.8 Å². The number of aliphatic imine (C=N–C) groups is 2. The van der Waals surface area contributed by atoms with Crippen molar-refractivity contribution < 1.29 is 0 Å². The van der Waals surface area contributed by atoms with Gasteiger partial charge in [-0.3, -0.25) is 4.99 Å². The van der Waals surface area contributed by atoms with Crippen molar-refractivity contribution in [1.29, 1.82) is 5.26 Å². The van der Waals surface area contributed by atoms with Crippen LogP contribution >= 0.6 is 11.3 Å². The van der Waals surface area contributed by atoms with Gasteiger partial charge in [0.2, 0.25) is 0 Å². The van der Waals surface area contributed by atoms with Gasteiger partial charge in [-0.1, -0.05) is 24.3 Å². The highest BCUT2D eigenvalue weighted by Gasteiger charge is 2.38. The lowest BCUT2D eigenvalue weighted by molar-refractivity contribution is 0.627. The number of benzene rings is 1. The van der Waals surface area contributed by atoms with Gasteiger partial charge in [0.15, 0.2) is 0 Å². The standard InChI is InChI=1S/C17H14N4S/c1-11-16(13-4-2-12(3-5-13)6-8-18)21-15(20-11)10-19-14-7-9-22-17(14)21/h2-5,7,9-11,16H,6H2,1H3. The summed E-state index contributed by atoms with van der Waals surface area (Å²) in [6.45, 7) is 2.14. The second-order valence-electron chi connectivity index (χ2n) is 5.49. The Morgan fingerprint density at radius 3 is 2.86 bits per heavy atom. The van der Waals surface area contributed by atoms with E-state index in [9.17, 15) is 0 Å². The summed E-state index contributed by atoms with van der Waals surface area (Å²) >= 11 is 1.70. The van der Waals surface area contributed by atoms with E-state index in [0.29, 0.717) is 6.42 Å². The number of anilines is 1. The molecule has 2 aliphatic rings. The maximum absolute atomic E-state index is 8.79. The lowest BCUT2D eigenvalue weighted by Gasteiger charge is -2.30. The molecule has 2 aromatic rings. The van der Waals surface area contributed by atoms with E-state index in [2.05, 4.69) is 40.4 Å². The minimum absolute atomic E-state index is 0.177. The van der Waals surface area contributed by atoms with Gasteiger partial charge < -0.3 is 4.90 Å². The normalized spacial score (nSPS) is 22.0. The van der Waals surface area contributed by atoms with Crippen molar-refractivity contribution in [2.24, 2.45) is 9.98 Å². The van der Waals surface area contributed by atoms with Crippen LogP contribution in [-0.2, 0) is 6.42 Å². The van der Waals surface area contributed by atoms with Crippen LogP contribution in [0.3, 0.4) is 0 Å². The first-order valence-corrected chi connectivity index (χ1v) is 8.10. The van der Waals surface area contributed by atoms with Crippen LogP contribution in [0.2, 0.25) is 0 Å². The number of rotatable bonds is 2. The predicted octanol–water partition coefficient (Wildman–Crippen LogP) is 3.88. The molecule has 0 saturated heterocycles. The first-order chi connectivity index (χ1) is 10.8. The van der Waals surface area contributed by atoms with Crippen LogP contribution in [0.5, 0.6) is 0 Å². The smallest absolute Gasteiger partial charge is 0.148 e. The molecule has 2 aliphatic heterocycles. The number of nitrogens with zero attached hydrogens (tertiary/aromatic N) is 4. The molecule has 3 heterocycles. The zero-order valence-electron chi connectivity index (χ0n) is 12.1. The van der Waals surface area contributed by atoms with Gasteiger partial charge >= 0.3 is 0 Å². The lowest BCUT2D eigenvalue weighted by atomic mass is 9.98. The van der Waals surface area contributed by atoms with E-state index in [-0.39, 0.29) is 12.1 Å². The van der Waals surface area contributed by atoms with E-state index in [1.807, 2.05) is 24.4 Å². The SMILES string of the molecule is CC1N=C2C=Nc3ccsc3N2C1c1ccc(CC#N)cc1. The van der Waals surface area contributed by atoms with Gasteiger partial charge in [-0.15, -0.1) is 11.3 Å². The quantitative estimate of drug-likeness (QED) is 0.845. The van der Waals surface area contributed by atoms with Gasteiger partial charge in [0, 0.05) is 0 Å². The molecule has 0 fully saturated rings. The van der Waals surface area contributed by atoms with Crippen LogP contribution in [0.25, 0.3) is 0 Å². The molecule has 0 amide bonds. The summed E-state index contributed by atoms with van der Waals surface area (Å²) < 4.78 is 0. The molecular formula is C17H14N4S. The third-order valence-corrected chi connectivity index (χ3v) is 4.99. The predicted molar refractivity (Wildman–Crippen MR) is 90.3 cm³/mol. The maximum Gasteiger partial charge on any atom is 0.148 e. The first-order valence-electron chi connectivity index (χ1n) is 7.22. The number of nitriles is 1. The van der Waals surface area contributed by atoms with Crippen molar-refractivity contribution in [3.8, 4) is 6.07 Å². The van der Waals surface area contributed by atoms with Crippen LogP contribution in [0, 0.1) is 11.3 Å². The highest BCUT2D eigenvalue weighted by Crippen LogP contribution is 2.45. The van der Waals surface area contributed by atoms with E-state index in [1.54, 1.807) is 11.3 Å². The van der Waals surface area contributed by atoms with Crippen molar-refractivity contribution in [2.75, 3.05) is 4.90 Å². The average Bonchev–Trinajstić information content (AvgIpc) is 3.11. The summed E-state index contributed by atoms with van der Waals surface area (Å²) in [4.78, 5) is 11.5. The third-order valence-electron chi connectivity index (χ3n) is 4.08. The Labute approximate surface area is 133 Å². The van der Waals surface area contributed by atoms with Gasteiger partial charge in [-0.2, -0.15) is 5.26 Å². The molecule has 4 rings (SSSR count). The molecule has 22 heavy (non-hydrogen) atoms. The van der Waals surface area contributed by atoms with Gasteiger partial charge in [-0.05, 0) is 29.5 Å². The molecule has 0 spiro atoms. The van der Waals surface area contributed by atoms with E-state index >= 15 is 0 Å². The fourth-order valence-corrected chi connectivity index (χ4v) is 3.97. The number of hydrogen-bond donors (Lipinski definition) is 0. The Kier molecular flexibility index (Phi) is 3.05. The highest BCUT2D eigenvalue weighted by atomic mass is 32.1. The van der Waals surface area contributed by atoms with E-state index in [4.69, 9.17) is 10.3 Å². The molecule has 1 aromatic carbocycles. The minimum atomic E-state index is 0.177. The zero-order valence-corrected chi connectivity index (χ0v) is 12.9. The van der Waals surface area contributed by atoms with Crippen molar-refractivity contribution >= 4 is 34.1 Å². The first kappa shape index (κ1) is 13.2. The number of fused-ring (bicyclic) bond motifs is 3. The van der Waals surface area contributed by atoms with Crippen LogP contribution in [0.4, 0.5) is 10.7 Å². The molecule has 5 heteroatoms. The Balaban J connectivity index is 1.73. The Morgan fingerprint density at radius 1 is 1.27 bits per heavy atom. The summed E-state index contributed by atoms with van der Waals surface area (Å²) in [7, 11) is 0. The fraction of sp³-hybridized carbons (Fsp3) is 0.235. The maximum atomic E-state index is 8.79. The number of thiophene rings is 1. The van der Waals surface area contributed by atoms with Gasteiger partial charge in [0.25, 0.3) is 0 Å². The largest absolute Gasteiger partial charge is 0.305 e. The summed E-state index contributed by atoms with van der Waals surface area (Å²) in [5, 5.41) is 12.0. The third kappa shape index (κ3) is 1.96. The van der Waals surface area contributed by atoms with Crippen molar-refractivity contribution in [1.82, 2.24) is 0 Å². The van der Waals surface area contributed by atoms with Crippen LogP contribution in [-0.4, -0.2) is 18.1 Å². The molecule has 4 nitrogen and oxygen atoms in total. The summed E-state index contributed by atoms with van der Waals surface area (Å²) in [6.07, 6.45) is 2.31. The van der Waals surface area contributed by atoms with Gasteiger partial charge in [0.1, 0.15) is 10.8 Å². The van der Waals surface area contributed by atoms with Crippen LogP contribution in [0.1, 0.15) is 24.1 Å². The minimum Gasteiger partial charge on any atom is -0.305 e. The lowest BCUT2D eigenvalue weighted by Crippen LogP contribution is -2.34. The molecule has 0 radical (unpaired) electrons. The van der Waals surface area contributed by atoms with Crippen molar-refractivity contribution in [3.63, 3.8) is 0 Å². The van der Waals surface area contributed by atoms with E-state index < -0.39 is 0 Å². The summed E-state index contributed by atoms with van der Waals surface area (Å²) in [6, 6.07) is 12.9. The molecule has 0 bridgehead atoms. The Morgan fingerprint density at radius 2 is 2.09 bits per heavy atom. The molecule has 108 valence electrons. The number of hydrogen-bond acceptors (Lipinski definition) is 5.